The Bertz CT molecular complexity index is 706. The molecule has 0 aromatic rings. The summed E-state index contributed by atoms with van der Waals surface area (Å²) >= 11 is 0. The summed E-state index contributed by atoms with van der Waals surface area (Å²) in [4.78, 5) is 8.21. The minimum absolute atomic E-state index is 0.0311. The van der Waals surface area contributed by atoms with E-state index < -0.39 is 98.2 Å². The van der Waals surface area contributed by atoms with Crippen molar-refractivity contribution in [3.05, 3.63) is 0 Å². The molecule has 23 heteroatoms. The molecule has 0 bridgehead atoms. The van der Waals surface area contributed by atoms with Crippen molar-refractivity contribution in [1.82, 2.24) is 14.0 Å². The lowest BCUT2D eigenvalue weighted by Crippen LogP contribution is -2.62. The minimum Gasteiger partial charge on any atom is -0.333 e. The molecule has 0 saturated heterocycles. The molecule has 248 valence electrons. The van der Waals surface area contributed by atoms with Crippen molar-refractivity contribution >= 4 is 7.51 Å². The summed E-state index contributed by atoms with van der Waals surface area (Å²) in [5, 5.41) is 0. The Morgan fingerprint density at radius 1 is 0.537 bits per heavy atom. The average Bonchev–Trinajstić information content (AvgIpc) is 2.83. The van der Waals surface area contributed by atoms with Crippen LogP contribution in [-0.4, -0.2) is 133 Å². The van der Waals surface area contributed by atoms with Gasteiger partial charge in [0.05, 0.1) is 0 Å². The molecule has 10 nitrogen and oxygen atoms in total. The zero-order valence-electron chi connectivity index (χ0n) is 22.0. The smallest absolute Gasteiger partial charge is 0.333 e. The highest BCUT2D eigenvalue weighted by molar-refractivity contribution is 7.59. The van der Waals surface area contributed by atoms with Crippen molar-refractivity contribution in [2.75, 3.05) is 67.8 Å². The van der Waals surface area contributed by atoms with Gasteiger partial charge in [0, 0.05) is 0 Å². The van der Waals surface area contributed by atoms with E-state index in [4.69, 9.17) is 23.7 Å². The number of hydrogen-bond acceptors (Lipinski definition) is 7. The molecule has 0 saturated carbocycles. The third-order valence-corrected chi connectivity index (χ3v) is 7.61. The van der Waals surface area contributed by atoms with E-state index in [1.54, 1.807) is 0 Å². The molecule has 0 aliphatic carbocycles. The molecule has 0 aliphatic rings. The molecular weight excluding hydrogens is 627 g/mol. The van der Waals surface area contributed by atoms with Crippen molar-refractivity contribution < 1.29 is 81.2 Å². The number of hydrogen-bond donors (Lipinski definition) is 0. The van der Waals surface area contributed by atoms with E-state index in [0.29, 0.717) is 0 Å². The highest BCUT2D eigenvalue weighted by Gasteiger charge is 2.57. The van der Waals surface area contributed by atoms with Crippen LogP contribution < -0.4 is 0 Å². The van der Waals surface area contributed by atoms with Crippen LogP contribution in [0.25, 0.3) is 0 Å². The van der Waals surface area contributed by atoms with Gasteiger partial charge < -0.3 is 23.7 Å². The first-order valence-electron chi connectivity index (χ1n) is 11.1. The summed E-state index contributed by atoms with van der Waals surface area (Å²) in [6.45, 7) is -10.4. The largest absolute Gasteiger partial charge is 0.364 e. The Balaban J connectivity index is 7.78. The second-order valence-electron chi connectivity index (χ2n) is 7.73. The maximum Gasteiger partial charge on any atom is 0.364 e. The molecule has 0 N–H and O–H groups in total. The van der Waals surface area contributed by atoms with Gasteiger partial charge in [0.1, 0.15) is 39.6 Å². The summed E-state index contributed by atoms with van der Waals surface area (Å²) in [6.07, 6.45) is -27.0. The molecule has 0 atom stereocenters. The highest BCUT2D eigenvalue weighted by atomic mass is 31.2. The molecule has 0 fully saturated rings. The number of ether oxygens (including phenoxy) is 5. The predicted molar refractivity (Wildman–Crippen MR) is 117 cm³/mol. The summed E-state index contributed by atoms with van der Waals surface area (Å²) in [6, 6.07) is 0. The van der Waals surface area contributed by atoms with Crippen molar-refractivity contribution in [1.29, 1.82) is 0 Å². The number of halogens is 12. The molecule has 0 aromatic carbocycles. The third kappa shape index (κ3) is 13.9. The van der Waals surface area contributed by atoms with E-state index in [1.165, 1.54) is 0 Å². The average molecular weight is 658 g/mol. The van der Waals surface area contributed by atoms with Gasteiger partial charge in [-0.1, -0.05) is 0 Å². The quantitative estimate of drug-likeness (QED) is 0.0663. The number of rotatable bonds is 23. The first-order chi connectivity index (χ1) is 18.9. The van der Waals surface area contributed by atoms with E-state index in [1.807, 2.05) is 0 Å². The van der Waals surface area contributed by atoms with Crippen LogP contribution in [0.2, 0.25) is 0 Å². The first kappa shape index (κ1) is 40.0. The van der Waals surface area contributed by atoms with Crippen LogP contribution in [0, 0.1) is 0 Å². The lowest BCUT2D eigenvalue weighted by Gasteiger charge is -2.52. The second kappa shape index (κ2) is 19.3. The molecule has 0 spiro atoms. The SMILES string of the molecule is CN(C)P(=NOCC(F)F)(N(C)C)N(C(OCC(F)F)OCC(F)F)C(OCC(F)F)(OCC(F)F)OCC(F)F. The zero-order chi connectivity index (χ0) is 32.0. The molecule has 0 amide bonds. The molecule has 0 aliphatic heterocycles. The molecule has 0 aromatic heterocycles. The maximum atomic E-state index is 13.3. The third-order valence-electron chi connectivity index (χ3n) is 4.12. The fraction of sp³-hybridized carbons (Fsp3) is 1.00. The number of alkyl halides is 12. The monoisotopic (exact) mass is 658 g/mol. The van der Waals surface area contributed by atoms with Gasteiger partial charge in [-0.15, -0.1) is 9.58 Å². The topological polar surface area (TPSA) is 77.5 Å². The molecular formula is C18H31F12N4O6P. The van der Waals surface area contributed by atoms with Gasteiger partial charge >= 0.3 is 6.10 Å². The van der Waals surface area contributed by atoms with E-state index >= 15 is 0 Å². The minimum atomic E-state index is -4.56. The summed E-state index contributed by atoms with van der Waals surface area (Å²) in [5.74, 6) is 0. The lowest BCUT2D eigenvalue weighted by molar-refractivity contribution is -0.470. The Morgan fingerprint density at radius 2 is 0.854 bits per heavy atom. The second-order valence-corrected chi connectivity index (χ2v) is 11.0. The molecule has 41 heavy (non-hydrogen) atoms. The first-order valence-corrected chi connectivity index (χ1v) is 12.7. The molecule has 0 rings (SSSR count). The van der Waals surface area contributed by atoms with Crippen molar-refractivity contribution in [2.24, 2.45) is 4.91 Å². The van der Waals surface area contributed by atoms with E-state index in [-0.39, 0.29) is 4.67 Å². The maximum absolute atomic E-state index is 13.3. The van der Waals surface area contributed by atoms with Gasteiger partial charge in [-0.05, 0) is 28.2 Å². The van der Waals surface area contributed by atoms with E-state index in [0.717, 1.165) is 37.5 Å². The van der Waals surface area contributed by atoms with Gasteiger partial charge in [0.25, 0.3) is 38.6 Å². The van der Waals surface area contributed by atoms with Gasteiger partial charge in [-0.2, -0.15) is 0 Å². The van der Waals surface area contributed by atoms with Crippen molar-refractivity contribution in [3.8, 4) is 0 Å². The lowest BCUT2D eigenvalue weighted by atomic mass is 10.6. The van der Waals surface area contributed by atoms with Crippen LogP contribution in [0.15, 0.2) is 4.91 Å². The summed E-state index contributed by atoms with van der Waals surface area (Å²) < 4.78 is 184. The standard InChI is InChI=1S/C18H31F12N4O6P/c1-32(2)41(33(3)4,31-40-10-16(29)30)34(17(35-5-11(19)20)36-6-12(21)22)18(37-7-13(23)24,38-8-14(25)26)39-9-15(27)28/h11-17H,5-10H2,1-4H3. The van der Waals surface area contributed by atoms with Gasteiger partial charge in [-0.25, -0.2) is 66.9 Å². The zero-order valence-corrected chi connectivity index (χ0v) is 22.9. The Hall–Kier alpha value is -0.970. The highest BCUT2D eigenvalue weighted by Crippen LogP contribution is 2.61. The Morgan fingerprint density at radius 3 is 1.12 bits per heavy atom. The predicted octanol–water partition coefficient (Wildman–Crippen LogP) is 4.86. The normalized spacial score (nSPS) is 13.8. The van der Waals surface area contributed by atoms with Crippen LogP contribution in [-0.2, 0) is 28.5 Å². The van der Waals surface area contributed by atoms with Crippen molar-refractivity contribution in [3.63, 3.8) is 0 Å². The molecule has 0 unspecified atom stereocenters. The molecule has 0 radical (unpaired) electrons. The van der Waals surface area contributed by atoms with Crippen LogP contribution >= 0.6 is 7.51 Å². The van der Waals surface area contributed by atoms with Gasteiger partial charge in [-0.3, -0.25) is 0 Å². The summed E-state index contributed by atoms with van der Waals surface area (Å²) in [7, 11) is -0.320. The van der Waals surface area contributed by atoms with Crippen LogP contribution in [0.3, 0.4) is 0 Å². The molecule has 0 heterocycles. The van der Waals surface area contributed by atoms with Crippen LogP contribution in [0.5, 0.6) is 0 Å². The fourth-order valence-corrected chi connectivity index (χ4v) is 5.81. The van der Waals surface area contributed by atoms with Crippen LogP contribution in [0.1, 0.15) is 0 Å². The Kier molecular flexibility index (Phi) is 18.9. The van der Waals surface area contributed by atoms with Crippen molar-refractivity contribution in [2.45, 2.75) is 51.1 Å². The van der Waals surface area contributed by atoms with Gasteiger partial charge in [0.2, 0.25) is 13.9 Å². The van der Waals surface area contributed by atoms with E-state index in [2.05, 4.69) is 9.75 Å². The van der Waals surface area contributed by atoms with E-state index in [9.17, 15) is 52.7 Å². The summed E-state index contributed by atoms with van der Waals surface area (Å²) in [5.41, 5.74) is 0. The van der Waals surface area contributed by atoms with Crippen LogP contribution in [0.4, 0.5) is 52.7 Å². The van der Waals surface area contributed by atoms with Gasteiger partial charge in [0.15, 0.2) is 0 Å². The number of nitrogens with zero attached hydrogens (tertiary/aromatic N) is 4. The Labute approximate surface area is 227 Å². The fourth-order valence-electron chi connectivity index (χ4n) is 2.84.